The first-order chi connectivity index (χ1) is 47.5. The third-order valence-electron chi connectivity index (χ3n) is 20.0. The summed E-state index contributed by atoms with van der Waals surface area (Å²) >= 11 is 0. The lowest BCUT2D eigenvalue weighted by Gasteiger charge is -2.25. The molecule has 0 amide bonds. The van der Waals surface area contributed by atoms with Crippen LogP contribution in [0.5, 0.6) is 0 Å². The van der Waals surface area contributed by atoms with E-state index in [9.17, 15) is 0 Å². The molecule has 100 heavy (non-hydrogen) atoms. The number of fused-ring (bicyclic) bond motifs is 12. The second-order valence-electron chi connectivity index (χ2n) is 28.7. The van der Waals surface area contributed by atoms with Crippen molar-refractivity contribution in [2.24, 2.45) is 0 Å². The predicted octanol–water partition coefficient (Wildman–Crippen LogP) is 25.1. The average molecular weight is 1340 g/mol. The molecule has 16 rings (SSSR count). The highest BCUT2D eigenvalue weighted by Crippen LogP contribution is 2.52. The summed E-state index contributed by atoms with van der Waals surface area (Å²) in [5.41, 5.74) is 2.61. The van der Waals surface area contributed by atoms with Crippen molar-refractivity contribution >= 4 is 87.2 Å². The summed E-state index contributed by atoms with van der Waals surface area (Å²) in [4.78, 5) is 0. The van der Waals surface area contributed by atoms with Gasteiger partial charge >= 0.3 is 12.4 Å². The summed E-state index contributed by atoms with van der Waals surface area (Å²) in [7, 11) is 0. The highest BCUT2D eigenvalue weighted by atomic mass is 19.4. The Bertz CT molecular complexity index is 6050. The fraction of sp³-hybridized carbons (Fsp3) is 0.163. The van der Waals surface area contributed by atoms with E-state index in [2.05, 4.69) is 0 Å². The molecular weight excluding hydrogens is 1280 g/mol. The van der Waals surface area contributed by atoms with Crippen molar-refractivity contribution in [3.05, 3.63) is 286 Å². The zero-order valence-electron chi connectivity index (χ0n) is 56.0. The van der Waals surface area contributed by atoms with E-state index in [0.29, 0.717) is 76.5 Å². The van der Waals surface area contributed by atoms with Gasteiger partial charge in [-0.15, -0.1) is 0 Å². The minimum absolute atomic E-state index is 0.240. The maximum atomic E-state index is 17.3. The Morgan fingerprint density at radius 1 is 0.290 bits per heavy atom. The third-order valence-corrected chi connectivity index (χ3v) is 20.0. The van der Waals surface area contributed by atoms with Crippen LogP contribution in [-0.2, 0) is 29.6 Å². The number of alkyl halides is 6. The molecule has 4 heterocycles. The molecule has 14 heteroatoms. The fourth-order valence-corrected chi connectivity index (χ4v) is 15.3. The molecule has 0 radical (unpaired) electrons. The van der Waals surface area contributed by atoms with Gasteiger partial charge in [0.25, 0.3) is 0 Å². The Labute approximate surface area is 569 Å². The number of hydrogen-bond donors (Lipinski definition) is 0. The first-order valence-corrected chi connectivity index (χ1v) is 33.1. The standard InChI is InChI=1S/C86H64F10N4/c1-46-20-31-68-58(38-46)59-39-47(2)21-32-69(59)97(68)73-36-29-56(77-63(87)15-12-16-64(77)88)81(79(73)85(91,92)93)99-71-33-22-48(3)40-60(71)62-43-50(24-35-72(62)99)41-49-23-34-70-61(42-49)55-28-26-51(83(4,5)6)44-75(55)98(70)74-37-30-57(78-65(89)17-13-18-66(78)90)82(80(74)86(94,95)96)100-67-19-11-10-14-53(67)54-27-25-52(45-76(54)100)84(7,8)9/h10-40,42-45H,41H2,1-9H3. The normalized spacial score (nSPS) is 12.8. The van der Waals surface area contributed by atoms with Crippen LogP contribution in [0.3, 0.4) is 0 Å². The number of aromatic nitrogens is 4. The number of para-hydroxylation sites is 1. The van der Waals surface area contributed by atoms with Crippen LogP contribution in [0.25, 0.3) is 132 Å². The van der Waals surface area contributed by atoms with Gasteiger partial charge in [0.05, 0.1) is 78.0 Å². The summed E-state index contributed by atoms with van der Waals surface area (Å²) in [6.45, 7) is 17.8. The SMILES string of the molecule is Cc1ccc2c(c1)c1cc(C)ccc1n2-c1ccc(-c2c(F)cccc2F)c(-n2c3ccc(C)cc3c3cc(Cc4ccc5c(c4)c4ccc(C(C)(C)C)cc4n5-c4ccc(-c5c(F)cccc5F)c(-n5c6ccccc6c6ccc(C(C)(C)C)cc65)c4C(F)(F)F)ccc32)c1C(F)(F)F. The quantitative estimate of drug-likeness (QED) is 0.135. The average Bonchev–Trinajstić information content (AvgIpc) is 1.49. The van der Waals surface area contributed by atoms with Crippen LogP contribution >= 0.6 is 0 Å². The van der Waals surface area contributed by atoms with E-state index < -0.39 is 80.1 Å². The molecule has 0 N–H and O–H groups in total. The van der Waals surface area contributed by atoms with Gasteiger partial charge in [0.1, 0.15) is 34.4 Å². The van der Waals surface area contributed by atoms with Crippen molar-refractivity contribution < 1.29 is 43.9 Å². The first kappa shape index (κ1) is 63.9. The lowest BCUT2D eigenvalue weighted by molar-refractivity contribution is -0.138. The van der Waals surface area contributed by atoms with E-state index in [4.69, 9.17) is 0 Å². The van der Waals surface area contributed by atoms with Crippen molar-refractivity contribution in [2.75, 3.05) is 0 Å². The highest BCUT2D eigenvalue weighted by molar-refractivity contribution is 6.14. The van der Waals surface area contributed by atoms with Gasteiger partial charge in [-0.2, -0.15) is 26.3 Å². The van der Waals surface area contributed by atoms with Crippen molar-refractivity contribution in [3.63, 3.8) is 0 Å². The van der Waals surface area contributed by atoms with E-state index in [-0.39, 0.29) is 28.9 Å². The van der Waals surface area contributed by atoms with Crippen molar-refractivity contribution in [2.45, 2.75) is 91.9 Å². The van der Waals surface area contributed by atoms with Crippen molar-refractivity contribution in [3.8, 4) is 45.0 Å². The molecule has 0 saturated heterocycles. The summed E-state index contributed by atoms with van der Waals surface area (Å²) < 4.78 is 175. The summed E-state index contributed by atoms with van der Waals surface area (Å²) in [6.07, 6.45) is -10.1. The lowest BCUT2D eigenvalue weighted by Crippen LogP contribution is -2.17. The van der Waals surface area contributed by atoms with Crippen LogP contribution in [0.15, 0.2) is 212 Å². The Balaban J connectivity index is 0.921. The molecule has 0 fully saturated rings. The van der Waals surface area contributed by atoms with E-state index in [1.807, 2.05) is 159 Å². The molecule has 12 aromatic carbocycles. The zero-order chi connectivity index (χ0) is 70.1. The fourth-order valence-electron chi connectivity index (χ4n) is 15.3. The van der Waals surface area contributed by atoms with Gasteiger partial charge in [-0.25, -0.2) is 17.6 Å². The molecule has 16 aromatic rings. The predicted molar refractivity (Wildman–Crippen MR) is 385 cm³/mol. The van der Waals surface area contributed by atoms with Crippen LogP contribution in [0.1, 0.15) is 91.6 Å². The lowest BCUT2D eigenvalue weighted by atomic mass is 9.86. The van der Waals surface area contributed by atoms with Gasteiger partial charge < -0.3 is 18.3 Å². The molecular formula is C86H64F10N4. The van der Waals surface area contributed by atoms with E-state index in [1.165, 1.54) is 45.5 Å². The summed E-state index contributed by atoms with van der Waals surface area (Å²) in [5, 5.41) is 5.12. The molecule has 4 aromatic heterocycles. The molecule has 0 spiro atoms. The van der Waals surface area contributed by atoms with Crippen LogP contribution in [0.4, 0.5) is 43.9 Å². The largest absolute Gasteiger partial charge is 0.420 e. The summed E-state index contributed by atoms with van der Waals surface area (Å²) in [6, 6.07) is 58.0. The molecule has 0 aliphatic carbocycles. The molecule has 498 valence electrons. The van der Waals surface area contributed by atoms with Crippen molar-refractivity contribution in [1.82, 2.24) is 18.3 Å². The molecule has 0 bridgehead atoms. The second-order valence-corrected chi connectivity index (χ2v) is 28.7. The molecule has 4 nitrogen and oxygen atoms in total. The monoisotopic (exact) mass is 1340 g/mol. The van der Waals surface area contributed by atoms with E-state index in [1.54, 1.807) is 63.7 Å². The smallest absolute Gasteiger partial charge is 0.309 e. The van der Waals surface area contributed by atoms with Crippen LogP contribution < -0.4 is 0 Å². The first-order valence-electron chi connectivity index (χ1n) is 33.1. The van der Waals surface area contributed by atoms with Crippen molar-refractivity contribution in [1.29, 1.82) is 0 Å². The maximum Gasteiger partial charge on any atom is 0.420 e. The van der Waals surface area contributed by atoms with Gasteiger partial charge in [0.15, 0.2) is 0 Å². The molecule has 0 aliphatic heterocycles. The van der Waals surface area contributed by atoms with Gasteiger partial charge in [0, 0.05) is 54.2 Å². The van der Waals surface area contributed by atoms with Gasteiger partial charge in [-0.05, 0) is 188 Å². The summed E-state index contributed by atoms with van der Waals surface area (Å²) in [5.74, 6) is -4.17. The van der Waals surface area contributed by atoms with Gasteiger partial charge in [-0.3, -0.25) is 0 Å². The van der Waals surface area contributed by atoms with Crippen LogP contribution in [-0.4, -0.2) is 18.3 Å². The third kappa shape index (κ3) is 10.1. The van der Waals surface area contributed by atoms with E-state index >= 15 is 43.9 Å². The highest BCUT2D eigenvalue weighted by Gasteiger charge is 2.43. The van der Waals surface area contributed by atoms with Gasteiger partial charge in [-0.1, -0.05) is 143 Å². The molecule has 0 unspecified atom stereocenters. The number of aryl methyl sites for hydroxylation is 3. The Hall–Kier alpha value is -10.9. The number of halogens is 10. The second kappa shape index (κ2) is 22.6. The minimum atomic E-state index is -5.16. The number of nitrogens with zero attached hydrogens (tertiary/aromatic N) is 4. The topological polar surface area (TPSA) is 19.7 Å². The number of hydrogen-bond acceptors (Lipinski definition) is 0. The molecule has 0 aliphatic rings. The Kier molecular flexibility index (Phi) is 14.4. The van der Waals surface area contributed by atoms with E-state index in [0.717, 1.165) is 74.0 Å². The maximum absolute atomic E-state index is 17.3. The minimum Gasteiger partial charge on any atom is -0.309 e. The number of rotatable bonds is 8. The Morgan fingerprint density at radius 3 is 1.04 bits per heavy atom. The van der Waals surface area contributed by atoms with Gasteiger partial charge in [0.2, 0.25) is 0 Å². The molecule has 0 saturated carbocycles. The van der Waals surface area contributed by atoms with Crippen LogP contribution in [0.2, 0.25) is 0 Å². The van der Waals surface area contributed by atoms with Crippen LogP contribution in [0, 0.1) is 44.0 Å². The molecule has 0 atom stereocenters. The number of benzene rings is 12. The zero-order valence-corrected chi connectivity index (χ0v) is 56.0. The Morgan fingerprint density at radius 2 is 0.620 bits per heavy atom.